The van der Waals surface area contributed by atoms with Gasteiger partial charge in [-0.15, -0.1) is 0 Å². The third kappa shape index (κ3) is 6.49. The first-order valence-corrected chi connectivity index (χ1v) is 12.7. The second-order valence-corrected chi connectivity index (χ2v) is 10.7. The molecule has 0 saturated carbocycles. The van der Waals surface area contributed by atoms with Gasteiger partial charge in [0.25, 0.3) is 0 Å². The van der Waals surface area contributed by atoms with Gasteiger partial charge in [-0.3, -0.25) is 14.7 Å². The molecular weight excluding hydrogens is 448 g/mol. The van der Waals surface area contributed by atoms with Gasteiger partial charge in [0.15, 0.2) is 0 Å². The van der Waals surface area contributed by atoms with Gasteiger partial charge in [-0.1, -0.05) is 17.7 Å². The zero-order valence-corrected chi connectivity index (χ0v) is 21.5. The van der Waals surface area contributed by atoms with Crippen LogP contribution in [0.4, 0.5) is 0 Å². The Bertz CT molecular complexity index is 992. The van der Waals surface area contributed by atoms with Gasteiger partial charge in [-0.05, 0) is 75.2 Å². The van der Waals surface area contributed by atoms with Crippen LogP contribution in [-0.2, 0) is 11.3 Å². The van der Waals surface area contributed by atoms with Crippen molar-refractivity contribution in [2.24, 2.45) is 5.41 Å². The lowest BCUT2D eigenvalue weighted by molar-refractivity contribution is -0.137. The van der Waals surface area contributed by atoms with Gasteiger partial charge >= 0.3 is 0 Å². The lowest BCUT2D eigenvalue weighted by Crippen LogP contribution is -2.52. The van der Waals surface area contributed by atoms with Crippen LogP contribution < -0.4 is 4.74 Å². The maximum absolute atomic E-state index is 13.4. The van der Waals surface area contributed by atoms with Crippen LogP contribution in [0.1, 0.15) is 36.0 Å². The summed E-state index contributed by atoms with van der Waals surface area (Å²) in [5.74, 6) is 1.07. The Morgan fingerprint density at radius 1 is 1.12 bits per heavy atom. The molecule has 2 saturated heterocycles. The van der Waals surface area contributed by atoms with Gasteiger partial charge < -0.3 is 14.5 Å². The molecule has 3 heterocycles. The van der Waals surface area contributed by atoms with E-state index in [-0.39, 0.29) is 11.3 Å². The summed E-state index contributed by atoms with van der Waals surface area (Å²) in [7, 11) is 2.12. The van der Waals surface area contributed by atoms with Crippen LogP contribution in [0.2, 0.25) is 5.02 Å². The van der Waals surface area contributed by atoms with Gasteiger partial charge in [0, 0.05) is 68.5 Å². The molecule has 0 N–H and O–H groups in total. The Balaban J connectivity index is 1.49. The van der Waals surface area contributed by atoms with Gasteiger partial charge in [0.05, 0.1) is 6.61 Å². The topological polar surface area (TPSA) is 48.9 Å². The summed E-state index contributed by atoms with van der Waals surface area (Å²) in [5, 5.41) is 0.739. The Labute approximate surface area is 208 Å². The van der Waals surface area contributed by atoms with Gasteiger partial charge in [-0.25, -0.2) is 0 Å². The molecule has 4 rings (SSSR count). The molecule has 1 aromatic heterocycles. The van der Waals surface area contributed by atoms with Gasteiger partial charge in [0.2, 0.25) is 5.91 Å². The Morgan fingerprint density at radius 2 is 1.91 bits per heavy atom. The lowest BCUT2D eigenvalue weighted by atomic mass is 9.77. The molecule has 184 valence electrons. The van der Waals surface area contributed by atoms with Crippen molar-refractivity contribution < 1.29 is 9.53 Å². The summed E-state index contributed by atoms with van der Waals surface area (Å²) in [6.07, 6.45) is 6.40. The van der Waals surface area contributed by atoms with E-state index in [1.807, 2.05) is 42.4 Å². The van der Waals surface area contributed by atoms with Crippen molar-refractivity contribution in [3.8, 4) is 5.75 Å². The minimum absolute atomic E-state index is 0.219. The van der Waals surface area contributed by atoms with Crippen molar-refractivity contribution >= 4 is 17.5 Å². The molecule has 0 spiro atoms. The van der Waals surface area contributed by atoms with E-state index in [9.17, 15) is 4.79 Å². The molecule has 2 aliphatic heterocycles. The molecule has 2 fully saturated rings. The van der Waals surface area contributed by atoms with Crippen molar-refractivity contribution in [1.29, 1.82) is 0 Å². The van der Waals surface area contributed by atoms with E-state index in [4.69, 9.17) is 16.3 Å². The zero-order chi connectivity index (χ0) is 24.1. The predicted octanol–water partition coefficient (Wildman–Crippen LogP) is 4.18. The van der Waals surface area contributed by atoms with E-state index in [2.05, 4.69) is 34.8 Å². The molecule has 6 nitrogen and oxygen atoms in total. The number of hydrogen-bond acceptors (Lipinski definition) is 5. The first-order valence-electron chi connectivity index (χ1n) is 12.3. The zero-order valence-electron chi connectivity index (χ0n) is 20.7. The fraction of sp³-hybridized carbons (Fsp3) is 0.556. The van der Waals surface area contributed by atoms with Crippen molar-refractivity contribution in [2.45, 2.75) is 39.7 Å². The summed E-state index contributed by atoms with van der Waals surface area (Å²) < 4.78 is 6.33. The number of pyridine rings is 1. The molecule has 2 aliphatic rings. The molecule has 0 unspecified atom stereocenters. The molecule has 1 aromatic carbocycles. The fourth-order valence-corrected chi connectivity index (χ4v) is 5.27. The summed E-state index contributed by atoms with van der Waals surface area (Å²) in [4.78, 5) is 24.6. The highest BCUT2D eigenvalue weighted by molar-refractivity contribution is 6.31. The number of benzene rings is 1. The van der Waals surface area contributed by atoms with Crippen LogP contribution in [-0.4, -0.2) is 78.5 Å². The molecule has 0 bridgehead atoms. The minimum atomic E-state index is -0.219. The smallest absolute Gasteiger partial charge is 0.223 e. The number of piperazine rings is 1. The van der Waals surface area contributed by atoms with Crippen molar-refractivity contribution in [1.82, 2.24) is 19.7 Å². The summed E-state index contributed by atoms with van der Waals surface area (Å²) in [5.41, 5.74) is 3.17. The van der Waals surface area contributed by atoms with Crippen LogP contribution in [0, 0.1) is 19.3 Å². The number of ether oxygens (including phenoxy) is 1. The number of halogens is 1. The summed E-state index contributed by atoms with van der Waals surface area (Å²) >= 11 is 6.21. The number of carbonyl (C=O) groups excluding carboxylic acids is 1. The molecule has 7 heteroatoms. The van der Waals surface area contributed by atoms with Crippen LogP contribution >= 0.6 is 11.6 Å². The molecule has 2 aromatic rings. The highest BCUT2D eigenvalue weighted by Gasteiger charge is 2.40. The predicted molar refractivity (Wildman–Crippen MR) is 136 cm³/mol. The number of hydrogen-bond donors (Lipinski definition) is 0. The average molecular weight is 485 g/mol. The number of rotatable bonds is 7. The third-order valence-corrected chi connectivity index (χ3v) is 7.56. The Morgan fingerprint density at radius 3 is 2.65 bits per heavy atom. The number of piperidine rings is 1. The minimum Gasteiger partial charge on any atom is -0.493 e. The number of likely N-dealkylation sites (tertiary alicyclic amines) is 1. The fourth-order valence-electron chi connectivity index (χ4n) is 5.15. The average Bonchev–Trinajstić information content (AvgIpc) is 2.80. The number of aryl methyl sites for hydroxylation is 2. The molecule has 0 radical (unpaired) electrons. The van der Waals surface area contributed by atoms with Crippen LogP contribution in [0.5, 0.6) is 5.75 Å². The van der Waals surface area contributed by atoms with E-state index in [1.54, 1.807) is 0 Å². The second kappa shape index (κ2) is 11.1. The van der Waals surface area contributed by atoms with Crippen LogP contribution in [0.3, 0.4) is 0 Å². The quantitative estimate of drug-likeness (QED) is 0.590. The van der Waals surface area contributed by atoms with E-state index in [0.29, 0.717) is 13.0 Å². The highest BCUT2D eigenvalue weighted by atomic mass is 35.5. The molecule has 1 amide bonds. The molecule has 1 atom stereocenters. The number of aromatic nitrogens is 1. The maximum Gasteiger partial charge on any atom is 0.223 e. The summed E-state index contributed by atoms with van der Waals surface area (Å²) in [6.45, 7) is 10.8. The number of nitrogens with zero attached hydrogens (tertiary/aromatic N) is 4. The molecular formula is C27H37ClN4O2. The number of amides is 1. The number of likely N-dealkylation sites (N-methyl/N-ethyl adjacent to an activating group) is 1. The first kappa shape index (κ1) is 25.0. The first-order chi connectivity index (χ1) is 16.3. The van der Waals surface area contributed by atoms with Gasteiger partial charge in [-0.2, -0.15) is 0 Å². The van der Waals surface area contributed by atoms with E-state index in [1.165, 1.54) is 11.1 Å². The van der Waals surface area contributed by atoms with Crippen molar-refractivity contribution in [3.63, 3.8) is 0 Å². The monoisotopic (exact) mass is 484 g/mol. The Kier molecular flexibility index (Phi) is 8.12. The van der Waals surface area contributed by atoms with Crippen molar-refractivity contribution in [3.05, 3.63) is 58.4 Å². The second-order valence-electron chi connectivity index (χ2n) is 10.2. The van der Waals surface area contributed by atoms with E-state index in [0.717, 1.165) is 75.0 Å². The summed E-state index contributed by atoms with van der Waals surface area (Å²) in [6, 6.07) is 7.99. The van der Waals surface area contributed by atoms with Crippen LogP contribution in [0.25, 0.3) is 0 Å². The third-order valence-electron chi connectivity index (χ3n) is 7.13. The largest absolute Gasteiger partial charge is 0.493 e. The SMILES string of the molecule is Cc1cncc(CN2CCC[C@](COc3ccc(Cl)c(C)c3)(CC(=O)N3CCN(C)CC3)C2)c1. The van der Waals surface area contributed by atoms with E-state index < -0.39 is 0 Å². The highest BCUT2D eigenvalue weighted by Crippen LogP contribution is 2.36. The lowest BCUT2D eigenvalue weighted by Gasteiger charge is -2.43. The van der Waals surface area contributed by atoms with Crippen molar-refractivity contribution in [2.75, 3.05) is 52.9 Å². The van der Waals surface area contributed by atoms with Crippen LogP contribution in [0.15, 0.2) is 36.7 Å². The van der Waals surface area contributed by atoms with Gasteiger partial charge in [0.1, 0.15) is 5.75 Å². The molecule has 34 heavy (non-hydrogen) atoms. The van der Waals surface area contributed by atoms with E-state index >= 15 is 0 Å². The maximum atomic E-state index is 13.4. The number of carbonyl (C=O) groups is 1. The normalized spacial score (nSPS) is 22.1. The molecule has 0 aliphatic carbocycles. The Hall–Kier alpha value is -2.15. The standard InChI is InChI=1S/C27H37ClN4O2/c1-21-13-23(17-29-16-21)18-31-8-4-7-27(19-31,15-26(33)32-11-9-30(3)10-12-32)20-34-24-5-6-25(28)22(2)14-24/h5-6,13-14,16-17H,4,7-12,15,18-20H2,1-3H3/t27-/m0/s1.